The summed E-state index contributed by atoms with van der Waals surface area (Å²) >= 11 is 0. The van der Waals surface area contributed by atoms with Crippen molar-refractivity contribution in [3.8, 4) is 5.69 Å². The second-order valence-electron chi connectivity index (χ2n) is 6.74. The van der Waals surface area contributed by atoms with E-state index in [-0.39, 0.29) is 23.8 Å². The van der Waals surface area contributed by atoms with Gasteiger partial charge < -0.3 is 4.90 Å². The first-order valence-corrected chi connectivity index (χ1v) is 8.95. The summed E-state index contributed by atoms with van der Waals surface area (Å²) in [5.41, 5.74) is 3.21. The fraction of sp³-hybridized carbons (Fsp3) is 0.182. The van der Waals surface area contributed by atoms with Gasteiger partial charge in [-0.15, -0.1) is 0 Å². The van der Waals surface area contributed by atoms with E-state index in [0.717, 1.165) is 23.4 Å². The number of aryl methyl sites for hydroxylation is 1. The number of hydrogen-bond donors (Lipinski definition) is 0. The van der Waals surface area contributed by atoms with Crippen LogP contribution in [0.5, 0.6) is 0 Å². The number of rotatable bonds is 5. The molecule has 0 aliphatic carbocycles. The molecular formula is C22H20F3N3O. The van der Waals surface area contributed by atoms with E-state index in [1.54, 1.807) is 22.9 Å². The molecule has 0 saturated carbocycles. The zero-order valence-electron chi connectivity index (χ0n) is 16.3. The zero-order valence-corrected chi connectivity index (χ0v) is 16.3. The molecule has 7 heteroatoms. The number of carbonyl (C=O) groups is 1. The van der Waals surface area contributed by atoms with E-state index in [2.05, 4.69) is 5.10 Å². The molecule has 1 aromatic heterocycles. The van der Waals surface area contributed by atoms with E-state index < -0.39 is 11.6 Å². The lowest BCUT2D eigenvalue weighted by Crippen LogP contribution is -2.24. The predicted octanol–water partition coefficient (Wildman–Crippen LogP) is 4.58. The van der Waals surface area contributed by atoms with Crippen LogP contribution in [0.1, 0.15) is 22.5 Å². The molecule has 1 heterocycles. The van der Waals surface area contributed by atoms with Crippen LogP contribution < -0.4 is 0 Å². The summed E-state index contributed by atoms with van der Waals surface area (Å²) in [5.74, 6) is -2.02. The summed E-state index contributed by atoms with van der Waals surface area (Å²) < 4.78 is 41.6. The highest BCUT2D eigenvalue weighted by Crippen LogP contribution is 2.20. The molecular weight excluding hydrogens is 379 g/mol. The van der Waals surface area contributed by atoms with Crippen molar-refractivity contribution in [2.45, 2.75) is 20.4 Å². The molecule has 3 aromatic rings. The minimum Gasteiger partial charge on any atom is -0.338 e. The number of nitrogens with zero attached hydrogens (tertiary/aromatic N) is 3. The Kier molecular flexibility index (Phi) is 5.87. The Hall–Kier alpha value is -3.35. The lowest BCUT2D eigenvalue weighted by atomic mass is 10.1. The lowest BCUT2D eigenvalue weighted by Gasteiger charge is -2.15. The van der Waals surface area contributed by atoms with E-state index in [0.29, 0.717) is 11.4 Å². The summed E-state index contributed by atoms with van der Waals surface area (Å²) in [6, 6.07) is 9.22. The van der Waals surface area contributed by atoms with Gasteiger partial charge in [0, 0.05) is 42.6 Å². The minimum atomic E-state index is -0.694. The first kappa shape index (κ1) is 20.4. The second kappa shape index (κ2) is 8.34. The van der Waals surface area contributed by atoms with Crippen LogP contribution in [-0.4, -0.2) is 27.6 Å². The predicted molar refractivity (Wildman–Crippen MR) is 105 cm³/mol. The Morgan fingerprint density at radius 3 is 2.38 bits per heavy atom. The molecule has 29 heavy (non-hydrogen) atoms. The fourth-order valence-corrected chi connectivity index (χ4v) is 2.99. The molecule has 0 aliphatic heterocycles. The first-order valence-electron chi connectivity index (χ1n) is 8.95. The van der Waals surface area contributed by atoms with Crippen LogP contribution in [0.25, 0.3) is 11.8 Å². The Morgan fingerprint density at radius 1 is 1.07 bits per heavy atom. The van der Waals surface area contributed by atoms with Gasteiger partial charge in [-0.2, -0.15) is 5.10 Å². The third-order valence-electron chi connectivity index (χ3n) is 4.61. The van der Waals surface area contributed by atoms with Gasteiger partial charge in [0.2, 0.25) is 5.91 Å². The number of likely N-dealkylation sites (N-methyl/N-ethyl adjacent to an activating group) is 1. The number of halogens is 3. The second-order valence-corrected chi connectivity index (χ2v) is 6.74. The van der Waals surface area contributed by atoms with Crippen LogP contribution in [0.2, 0.25) is 0 Å². The van der Waals surface area contributed by atoms with Crippen molar-refractivity contribution in [1.82, 2.24) is 14.7 Å². The quantitative estimate of drug-likeness (QED) is 0.589. The van der Waals surface area contributed by atoms with Crippen molar-refractivity contribution < 1.29 is 18.0 Å². The zero-order chi connectivity index (χ0) is 21.1. The summed E-state index contributed by atoms with van der Waals surface area (Å²) in [6.07, 6.45) is 3.03. The highest BCUT2D eigenvalue weighted by atomic mass is 19.1. The van der Waals surface area contributed by atoms with Crippen molar-refractivity contribution in [3.05, 3.63) is 88.5 Å². The topological polar surface area (TPSA) is 38.1 Å². The van der Waals surface area contributed by atoms with Gasteiger partial charge >= 0.3 is 0 Å². The van der Waals surface area contributed by atoms with Crippen molar-refractivity contribution in [3.63, 3.8) is 0 Å². The summed E-state index contributed by atoms with van der Waals surface area (Å²) in [6.45, 7) is 3.68. The van der Waals surface area contributed by atoms with Crippen LogP contribution in [0.15, 0.2) is 48.5 Å². The third-order valence-corrected chi connectivity index (χ3v) is 4.61. The molecule has 4 nitrogen and oxygen atoms in total. The molecule has 0 radical (unpaired) electrons. The monoisotopic (exact) mass is 399 g/mol. The van der Waals surface area contributed by atoms with E-state index >= 15 is 0 Å². The van der Waals surface area contributed by atoms with Gasteiger partial charge in [0.25, 0.3) is 0 Å². The van der Waals surface area contributed by atoms with Crippen molar-refractivity contribution in [2.24, 2.45) is 0 Å². The number of hydrogen-bond acceptors (Lipinski definition) is 2. The van der Waals surface area contributed by atoms with E-state index in [9.17, 15) is 18.0 Å². The smallest absolute Gasteiger partial charge is 0.246 e. The van der Waals surface area contributed by atoms with Crippen molar-refractivity contribution in [1.29, 1.82) is 0 Å². The largest absolute Gasteiger partial charge is 0.338 e. The maximum atomic E-state index is 13.8. The molecule has 0 bridgehead atoms. The average molecular weight is 399 g/mol. The summed E-state index contributed by atoms with van der Waals surface area (Å²) in [4.78, 5) is 13.7. The molecule has 3 rings (SSSR count). The molecule has 0 saturated heterocycles. The van der Waals surface area contributed by atoms with Gasteiger partial charge in [-0.3, -0.25) is 4.79 Å². The Bertz CT molecular complexity index is 1070. The Labute approximate surface area is 166 Å². The Balaban J connectivity index is 1.76. The van der Waals surface area contributed by atoms with Crippen LogP contribution >= 0.6 is 0 Å². The average Bonchev–Trinajstić information content (AvgIpc) is 2.96. The normalized spacial score (nSPS) is 11.2. The van der Waals surface area contributed by atoms with Gasteiger partial charge in [0.1, 0.15) is 17.5 Å². The maximum Gasteiger partial charge on any atom is 0.246 e. The number of carbonyl (C=O) groups excluding carboxylic acids is 1. The van der Waals surface area contributed by atoms with Gasteiger partial charge in [-0.25, -0.2) is 17.9 Å². The molecule has 0 N–H and O–H groups in total. The summed E-state index contributed by atoms with van der Waals surface area (Å²) in [7, 11) is 1.54. The molecule has 150 valence electrons. The first-order chi connectivity index (χ1) is 13.8. The number of aromatic nitrogens is 2. The minimum absolute atomic E-state index is 0.0160. The molecule has 0 fully saturated rings. The van der Waals surface area contributed by atoms with Crippen LogP contribution in [-0.2, 0) is 11.3 Å². The molecule has 0 atom stereocenters. The number of benzene rings is 2. The fourth-order valence-electron chi connectivity index (χ4n) is 2.99. The van der Waals surface area contributed by atoms with Crippen molar-refractivity contribution in [2.75, 3.05) is 7.05 Å². The number of amides is 1. The third kappa shape index (κ3) is 4.56. The SMILES string of the molecule is Cc1nn(-c2ccc(F)cc2)c(C)c1/C=C/C(=O)N(C)Cc1ccc(F)cc1F. The Morgan fingerprint density at radius 2 is 1.72 bits per heavy atom. The van der Waals surface area contributed by atoms with E-state index in [1.807, 2.05) is 13.8 Å². The standard InChI is InChI=1S/C22H20F3N3O/c1-14-20(15(2)28(26-14)19-8-6-17(23)7-9-19)10-11-22(29)27(3)13-16-4-5-18(24)12-21(16)25/h4-12H,13H2,1-3H3/b11-10+. The van der Waals surface area contributed by atoms with Gasteiger partial charge in [-0.1, -0.05) is 6.07 Å². The highest BCUT2D eigenvalue weighted by Gasteiger charge is 2.13. The highest BCUT2D eigenvalue weighted by molar-refractivity contribution is 5.91. The van der Waals surface area contributed by atoms with E-state index in [1.165, 1.54) is 36.2 Å². The van der Waals surface area contributed by atoms with Crippen LogP contribution in [0, 0.1) is 31.3 Å². The van der Waals surface area contributed by atoms with Gasteiger partial charge in [-0.05, 0) is 50.3 Å². The molecule has 0 unspecified atom stereocenters. The molecule has 0 aliphatic rings. The van der Waals surface area contributed by atoms with E-state index in [4.69, 9.17) is 0 Å². The van der Waals surface area contributed by atoms with Crippen molar-refractivity contribution >= 4 is 12.0 Å². The molecule has 1 amide bonds. The van der Waals surface area contributed by atoms with Crippen LogP contribution in [0.4, 0.5) is 13.2 Å². The molecule has 0 spiro atoms. The van der Waals surface area contributed by atoms with Crippen LogP contribution in [0.3, 0.4) is 0 Å². The van der Waals surface area contributed by atoms with Gasteiger partial charge in [0.15, 0.2) is 0 Å². The summed E-state index contributed by atoms with van der Waals surface area (Å²) in [5, 5.41) is 4.45. The maximum absolute atomic E-state index is 13.8. The lowest BCUT2D eigenvalue weighted by molar-refractivity contribution is -0.125. The van der Waals surface area contributed by atoms with Gasteiger partial charge in [0.05, 0.1) is 11.4 Å². The molecule has 2 aromatic carbocycles.